The summed E-state index contributed by atoms with van der Waals surface area (Å²) < 4.78 is 27.1. The lowest BCUT2D eigenvalue weighted by Crippen LogP contribution is -2.12. The molecule has 0 heterocycles. The number of anilines is 1. The fourth-order valence-corrected chi connectivity index (χ4v) is 3.34. The highest BCUT2D eigenvalue weighted by molar-refractivity contribution is 9.09. The van der Waals surface area contributed by atoms with Crippen LogP contribution in [0.3, 0.4) is 0 Å². The van der Waals surface area contributed by atoms with Gasteiger partial charge in [0.15, 0.2) is 0 Å². The van der Waals surface area contributed by atoms with Gasteiger partial charge in [-0.25, -0.2) is 8.42 Å². The van der Waals surface area contributed by atoms with Crippen molar-refractivity contribution < 1.29 is 8.42 Å². The molecule has 0 fully saturated rings. The molecule has 21 heavy (non-hydrogen) atoms. The van der Waals surface area contributed by atoms with Crippen molar-refractivity contribution in [2.75, 3.05) is 10.1 Å². The third-order valence-electron chi connectivity index (χ3n) is 2.90. The van der Waals surface area contributed by atoms with E-state index in [9.17, 15) is 8.42 Å². The molecular formula is C15H15BrClNO2S. The summed E-state index contributed by atoms with van der Waals surface area (Å²) in [6.45, 7) is 0. The molecule has 0 unspecified atom stereocenters. The van der Waals surface area contributed by atoms with E-state index in [0.29, 0.717) is 10.7 Å². The number of nitrogens with one attached hydrogen (secondary N) is 1. The number of hydrogen-bond acceptors (Lipinski definition) is 2. The third kappa shape index (κ3) is 4.73. The van der Waals surface area contributed by atoms with Gasteiger partial charge in [0.1, 0.15) is 0 Å². The van der Waals surface area contributed by atoms with Gasteiger partial charge in [-0.1, -0.05) is 39.7 Å². The van der Waals surface area contributed by atoms with Crippen LogP contribution in [0, 0.1) is 0 Å². The van der Waals surface area contributed by atoms with Gasteiger partial charge in [0.25, 0.3) is 10.0 Å². The first-order valence-electron chi connectivity index (χ1n) is 6.44. The molecule has 0 bridgehead atoms. The van der Waals surface area contributed by atoms with E-state index >= 15 is 0 Å². The largest absolute Gasteiger partial charge is 0.280 e. The zero-order valence-electron chi connectivity index (χ0n) is 11.2. The van der Waals surface area contributed by atoms with Crippen molar-refractivity contribution in [3.05, 3.63) is 59.1 Å². The molecule has 2 aromatic carbocycles. The summed E-state index contributed by atoms with van der Waals surface area (Å²) in [5.41, 5.74) is 1.67. The van der Waals surface area contributed by atoms with Gasteiger partial charge in [-0.15, -0.1) is 0 Å². The van der Waals surface area contributed by atoms with Crippen molar-refractivity contribution in [3.63, 3.8) is 0 Å². The Balaban J connectivity index is 2.18. The third-order valence-corrected chi connectivity index (χ3v) is 5.11. The lowest BCUT2D eigenvalue weighted by Gasteiger charge is -2.09. The van der Waals surface area contributed by atoms with Crippen LogP contribution in [0.4, 0.5) is 5.69 Å². The average molecular weight is 389 g/mol. The van der Waals surface area contributed by atoms with Crippen molar-refractivity contribution >= 4 is 43.2 Å². The Kier molecular flexibility index (Phi) is 5.67. The molecule has 1 N–H and O–H groups in total. The summed E-state index contributed by atoms with van der Waals surface area (Å²) in [5.74, 6) is 0. The monoisotopic (exact) mass is 387 g/mol. The highest BCUT2D eigenvalue weighted by Crippen LogP contribution is 2.19. The van der Waals surface area contributed by atoms with E-state index in [-0.39, 0.29) is 4.90 Å². The molecule has 0 atom stereocenters. The molecule has 0 aliphatic rings. The van der Waals surface area contributed by atoms with Gasteiger partial charge in [0.05, 0.1) is 4.90 Å². The summed E-state index contributed by atoms with van der Waals surface area (Å²) in [4.78, 5) is 0.192. The smallest absolute Gasteiger partial charge is 0.261 e. The lowest BCUT2D eigenvalue weighted by molar-refractivity contribution is 0.601. The average Bonchev–Trinajstić information content (AvgIpc) is 2.45. The molecule has 112 valence electrons. The Hall–Kier alpha value is -1.04. The molecule has 0 amide bonds. The highest BCUT2D eigenvalue weighted by atomic mass is 79.9. The van der Waals surface area contributed by atoms with Crippen molar-refractivity contribution in [2.45, 2.75) is 17.7 Å². The predicted molar refractivity (Wildman–Crippen MR) is 90.8 cm³/mol. The zero-order chi connectivity index (χ0) is 15.3. The van der Waals surface area contributed by atoms with Gasteiger partial charge >= 0.3 is 0 Å². The van der Waals surface area contributed by atoms with Crippen LogP contribution in [0.1, 0.15) is 12.0 Å². The summed E-state index contributed by atoms with van der Waals surface area (Å²) in [5, 5.41) is 1.43. The van der Waals surface area contributed by atoms with Crippen molar-refractivity contribution in [2.24, 2.45) is 0 Å². The topological polar surface area (TPSA) is 46.2 Å². The predicted octanol–water partition coefficient (Wildman–Crippen LogP) is 4.47. The van der Waals surface area contributed by atoms with Gasteiger partial charge in [0, 0.05) is 16.0 Å². The minimum atomic E-state index is -3.59. The Bertz CT molecular complexity index is 702. The quantitative estimate of drug-likeness (QED) is 0.742. The van der Waals surface area contributed by atoms with Gasteiger partial charge in [-0.05, 0) is 54.8 Å². The number of halogens is 2. The van der Waals surface area contributed by atoms with Gasteiger partial charge in [0.2, 0.25) is 0 Å². The van der Waals surface area contributed by atoms with Gasteiger partial charge in [-0.3, -0.25) is 4.72 Å². The van der Waals surface area contributed by atoms with E-state index in [0.717, 1.165) is 23.7 Å². The van der Waals surface area contributed by atoms with Gasteiger partial charge < -0.3 is 0 Å². The molecule has 0 radical (unpaired) electrons. The maximum Gasteiger partial charge on any atom is 0.261 e. The van der Waals surface area contributed by atoms with Crippen LogP contribution in [0.5, 0.6) is 0 Å². The van der Waals surface area contributed by atoms with Crippen molar-refractivity contribution in [3.8, 4) is 0 Å². The fourth-order valence-electron chi connectivity index (χ4n) is 1.89. The van der Waals surface area contributed by atoms with E-state index in [2.05, 4.69) is 20.7 Å². The summed E-state index contributed by atoms with van der Waals surface area (Å²) in [6.07, 6.45) is 1.91. The molecule has 2 aromatic rings. The Morgan fingerprint density at radius 3 is 2.48 bits per heavy atom. The van der Waals surface area contributed by atoms with E-state index in [1.807, 2.05) is 18.2 Å². The molecule has 3 nitrogen and oxygen atoms in total. The van der Waals surface area contributed by atoms with E-state index in [4.69, 9.17) is 11.6 Å². The summed E-state index contributed by atoms with van der Waals surface area (Å²) >= 11 is 9.16. The molecular weight excluding hydrogens is 374 g/mol. The van der Waals surface area contributed by atoms with Crippen molar-refractivity contribution in [1.29, 1.82) is 0 Å². The van der Waals surface area contributed by atoms with Crippen LogP contribution >= 0.6 is 27.5 Å². The van der Waals surface area contributed by atoms with Crippen LogP contribution in [-0.4, -0.2) is 13.7 Å². The minimum Gasteiger partial charge on any atom is -0.280 e. The molecule has 0 aliphatic carbocycles. The number of benzene rings is 2. The number of hydrogen-bond donors (Lipinski definition) is 1. The van der Waals surface area contributed by atoms with Crippen LogP contribution in [-0.2, 0) is 16.4 Å². The SMILES string of the molecule is O=S(=O)(Nc1cccc(CCCBr)c1)c1ccc(Cl)cc1. The normalized spacial score (nSPS) is 11.3. The number of rotatable bonds is 6. The molecule has 2 rings (SSSR count). The second-order valence-corrected chi connectivity index (χ2v) is 7.46. The number of alkyl halides is 1. The van der Waals surface area contributed by atoms with Crippen LogP contribution < -0.4 is 4.72 Å². The summed E-state index contributed by atoms with van der Waals surface area (Å²) in [6, 6.07) is 13.5. The first-order chi connectivity index (χ1) is 10.0. The van der Waals surface area contributed by atoms with E-state index < -0.39 is 10.0 Å². The van der Waals surface area contributed by atoms with Crippen LogP contribution in [0.2, 0.25) is 5.02 Å². The molecule has 0 saturated carbocycles. The number of sulfonamides is 1. The molecule has 0 aromatic heterocycles. The minimum absolute atomic E-state index is 0.192. The first-order valence-corrected chi connectivity index (χ1v) is 9.43. The summed E-state index contributed by atoms with van der Waals surface area (Å²) in [7, 11) is -3.59. The van der Waals surface area contributed by atoms with Crippen LogP contribution in [0.25, 0.3) is 0 Å². The molecule has 0 spiro atoms. The fraction of sp³-hybridized carbons (Fsp3) is 0.200. The maximum atomic E-state index is 12.3. The Labute approximate surface area is 138 Å². The zero-order valence-corrected chi connectivity index (χ0v) is 14.4. The first kappa shape index (κ1) is 16.3. The Morgan fingerprint density at radius 2 is 1.81 bits per heavy atom. The molecule has 6 heteroatoms. The molecule has 0 saturated heterocycles. The highest BCUT2D eigenvalue weighted by Gasteiger charge is 2.13. The Morgan fingerprint density at radius 1 is 1.10 bits per heavy atom. The second kappa shape index (κ2) is 7.29. The molecule has 0 aliphatic heterocycles. The standard InChI is InChI=1S/C15H15BrClNO2S/c16-10-2-4-12-3-1-5-14(11-12)18-21(19,20)15-8-6-13(17)7-9-15/h1,3,5-9,11,18H,2,4,10H2. The maximum absolute atomic E-state index is 12.3. The van der Waals surface area contributed by atoms with Gasteiger partial charge in [-0.2, -0.15) is 0 Å². The van der Waals surface area contributed by atoms with Crippen molar-refractivity contribution in [1.82, 2.24) is 0 Å². The van der Waals surface area contributed by atoms with E-state index in [1.54, 1.807) is 18.2 Å². The van der Waals surface area contributed by atoms with E-state index in [1.165, 1.54) is 12.1 Å². The second-order valence-electron chi connectivity index (χ2n) is 4.55. The lowest BCUT2D eigenvalue weighted by atomic mass is 10.1. The van der Waals surface area contributed by atoms with Crippen LogP contribution in [0.15, 0.2) is 53.4 Å². The number of aryl methyl sites for hydroxylation is 1.